The lowest BCUT2D eigenvalue weighted by Crippen LogP contribution is -2.21. The van der Waals surface area contributed by atoms with Gasteiger partial charge in [-0.2, -0.15) is 5.10 Å². The zero-order valence-corrected chi connectivity index (χ0v) is 11.1. The first-order chi connectivity index (χ1) is 8.75. The summed E-state index contributed by atoms with van der Waals surface area (Å²) < 4.78 is 1.97. The van der Waals surface area contributed by atoms with Crippen LogP contribution in [0.4, 0.5) is 0 Å². The van der Waals surface area contributed by atoms with Crippen molar-refractivity contribution in [3.05, 3.63) is 53.9 Å². The first kappa shape index (κ1) is 12.8. The Hall–Kier alpha value is -1.61. The second-order valence-corrected chi connectivity index (χ2v) is 4.71. The number of aryl methyl sites for hydroxylation is 2. The van der Waals surface area contributed by atoms with E-state index >= 15 is 0 Å². The summed E-state index contributed by atoms with van der Waals surface area (Å²) in [5, 5.41) is 7.73. The lowest BCUT2D eigenvalue weighted by Gasteiger charge is -2.14. The first-order valence-electron chi connectivity index (χ1n) is 6.53. The smallest absolute Gasteiger partial charge is 0.0489 e. The third kappa shape index (κ3) is 3.70. The molecule has 3 nitrogen and oxygen atoms in total. The highest BCUT2D eigenvalue weighted by atomic mass is 15.3. The Balaban J connectivity index is 1.71. The summed E-state index contributed by atoms with van der Waals surface area (Å²) in [6.07, 6.45) is 4.92. The molecule has 2 rings (SSSR count). The molecule has 3 heteroatoms. The van der Waals surface area contributed by atoms with Crippen molar-refractivity contribution in [2.24, 2.45) is 0 Å². The van der Waals surface area contributed by atoms with Gasteiger partial charge in [0.15, 0.2) is 0 Å². The lowest BCUT2D eigenvalue weighted by molar-refractivity contribution is 0.507. The molecule has 0 radical (unpaired) electrons. The van der Waals surface area contributed by atoms with Gasteiger partial charge in [0, 0.05) is 25.0 Å². The Bertz CT molecular complexity index is 445. The minimum absolute atomic E-state index is 0.406. The van der Waals surface area contributed by atoms with Crippen molar-refractivity contribution in [1.29, 1.82) is 0 Å². The monoisotopic (exact) mass is 243 g/mol. The van der Waals surface area contributed by atoms with Crippen molar-refractivity contribution in [3.8, 4) is 0 Å². The van der Waals surface area contributed by atoms with Crippen LogP contribution < -0.4 is 5.32 Å². The molecule has 0 aliphatic heterocycles. The molecule has 2 aromatic rings. The van der Waals surface area contributed by atoms with E-state index in [4.69, 9.17) is 0 Å². The number of aromatic nitrogens is 2. The van der Waals surface area contributed by atoms with E-state index in [1.807, 2.05) is 23.1 Å². The molecule has 0 spiro atoms. The molecular weight excluding hydrogens is 222 g/mol. The highest BCUT2D eigenvalue weighted by Crippen LogP contribution is 2.12. The van der Waals surface area contributed by atoms with Gasteiger partial charge in [-0.3, -0.25) is 4.68 Å². The van der Waals surface area contributed by atoms with Gasteiger partial charge in [0.1, 0.15) is 0 Å². The molecular formula is C15H21N3. The third-order valence-electron chi connectivity index (χ3n) is 3.15. The van der Waals surface area contributed by atoms with Crippen molar-refractivity contribution < 1.29 is 0 Å². The number of hydrogen-bond donors (Lipinski definition) is 1. The number of rotatable bonds is 6. The summed E-state index contributed by atoms with van der Waals surface area (Å²) >= 11 is 0. The predicted molar refractivity (Wildman–Crippen MR) is 74.4 cm³/mol. The van der Waals surface area contributed by atoms with E-state index in [0.29, 0.717) is 6.04 Å². The van der Waals surface area contributed by atoms with E-state index < -0.39 is 0 Å². The minimum Gasteiger partial charge on any atom is -0.310 e. The molecule has 1 aromatic carbocycles. The molecule has 0 aliphatic rings. The standard InChI is InChI=1S/C15H21N3/c1-13-5-7-15(8-6-13)14(2)16-9-3-11-18-12-4-10-17-18/h4-8,10,12,14,16H,3,9,11H2,1-2H3. The topological polar surface area (TPSA) is 29.9 Å². The fourth-order valence-corrected chi connectivity index (χ4v) is 1.97. The van der Waals surface area contributed by atoms with Crippen LogP contribution in [0.5, 0.6) is 0 Å². The van der Waals surface area contributed by atoms with Crippen LogP contribution in [-0.2, 0) is 6.54 Å². The molecule has 1 unspecified atom stereocenters. The Kier molecular flexibility index (Phi) is 4.53. The van der Waals surface area contributed by atoms with Crippen LogP contribution in [0.15, 0.2) is 42.7 Å². The van der Waals surface area contributed by atoms with Crippen LogP contribution in [-0.4, -0.2) is 16.3 Å². The van der Waals surface area contributed by atoms with Gasteiger partial charge in [-0.15, -0.1) is 0 Å². The predicted octanol–water partition coefficient (Wildman–Crippen LogP) is 2.93. The summed E-state index contributed by atoms with van der Waals surface area (Å²) in [5.41, 5.74) is 2.66. The van der Waals surface area contributed by atoms with Crippen molar-refractivity contribution in [2.75, 3.05) is 6.54 Å². The van der Waals surface area contributed by atoms with Gasteiger partial charge in [-0.25, -0.2) is 0 Å². The SMILES string of the molecule is Cc1ccc(C(C)NCCCn2cccn2)cc1. The molecule has 0 bridgehead atoms. The van der Waals surface area contributed by atoms with Crippen LogP contribution in [0.1, 0.15) is 30.5 Å². The summed E-state index contributed by atoms with van der Waals surface area (Å²) in [5.74, 6) is 0. The van der Waals surface area contributed by atoms with Crippen LogP contribution in [0.2, 0.25) is 0 Å². The van der Waals surface area contributed by atoms with E-state index in [1.165, 1.54) is 11.1 Å². The molecule has 1 aromatic heterocycles. The molecule has 1 atom stereocenters. The molecule has 0 aliphatic carbocycles. The van der Waals surface area contributed by atoms with Gasteiger partial charge < -0.3 is 5.32 Å². The number of benzene rings is 1. The third-order valence-corrected chi connectivity index (χ3v) is 3.15. The maximum atomic E-state index is 4.19. The van der Waals surface area contributed by atoms with Crippen LogP contribution in [0.3, 0.4) is 0 Å². The van der Waals surface area contributed by atoms with Crippen LogP contribution >= 0.6 is 0 Å². The van der Waals surface area contributed by atoms with Crippen LogP contribution in [0, 0.1) is 6.92 Å². The van der Waals surface area contributed by atoms with Gasteiger partial charge in [0.05, 0.1) is 0 Å². The van der Waals surface area contributed by atoms with Crippen molar-refractivity contribution in [2.45, 2.75) is 32.9 Å². The Morgan fingerprint density at radius 3 is 2.72 bits per heavy atom. The van der Waals surface area contributed by atoms with E-state index in [-0.39, 0.29) is 0 Å². The molecule has 0 saturated carbocycles. The highest BCUT2D eigenvalue weighted by Gasteiger charge is 2.03. The lowest BCUT2D eigenvalue weighted by atomic mass is 10.1. The van der Waals surface area contributed by atoms with E-state index in [9.17, 15) is 0 Å². The van der Waals surface area contributed by atoms with Gasteiger partial charge in [-0.05, 0) is 38.4 Å². The summed E-state index contributed by atoms with van der Waals surface area (Å²) in [6, 6.07) is 11.1. The molecule has 0 fully saturated rings. The van der Waals surface area contributed by atoms with Gasteiger partial charge in [0.2, 0.25) is 0 Å². The average Bonchev–Trinajstić information content (AvgIpc) is 2.88. The van der Waals surface area contributed by atoms with E-state index in [1.54, 1.807) is 0 Å². The van der Waals surface area contributed by atoms with Gasteiger partial charge in [0.25, 0.3) is 0 Å². The first-order valence-corrected chi connectivity index (χ1v) is 6.53. The normalized spacial score (nSPS) is 12.6. The Morgan fingerprint density at radius 2 is 2.06 bits per heavy atom. The highest BCUT2D eigenvalue weighted by molar-refractivity contribution is 5.23. The molecule has 96 valence electrons. The zero-order valence-electron chi connectivity index (χ0n) is 11.1. The fraction of sp³-hybridized carbons (Fsp3) is 0.400. The van der Waals surface area contributed by atoms with E-state index in [0.717, 1.165) is 19.5 Å². The maximum absolute atomic E-state index is 4.19. The average molecular weight is 243 g/mol. The summed E-state index contributed by atoms with van der Waals surface area (Å²) in [4.78, 5) is 0. The molecule has 1 N–H and O–H groups in total. The molecule has 0 amide bonds. The maximum Gasteiger partial charge on any atom is 0.0489 e. The molecule has 18 heavy (non-hydrogen) atoms. The quantitative estimate of drug-likeness (QED) is 0.791. The molecule has 0 saturated heterocycles. The van der Waals surface area contributed by atoms with Crippen molar-refractivity contribution >= 4 is 0 Å². The van der Waals surface area contributed by atoms with E-state index in [2.05, 4.69) is 48.5 Å². The second kappa shape index (κ2) is 6.36. The fourth-order valence-electron chi connectivity index (χ4n) is 1.97. The number of nitrogens with one attached hydrogen (secondary N) is 1. The van der Waals surface area contributed by atoms with Crippen LogP contribution in [0.25, 0.3) is 0 Å². The Labute approximate surface area is 109 Å². The minimum atomic E-state index is 0.406. The van der Waals surface area contributed by atoms with Gasteiger partial charge >= 0.3 is 0 Å². The zero-order chi connectivity index (χ0) is 12.8. The number of nitrogens with zero attached hydrogens (tertiary/aromatic N) is 2. The summed E-state index contributed by atoms with van der Waals surface area (Å²) in [6.45, 7) is 6.31. The second-order valence-electron chi connectivity index (χ2n) is 4.71. The summed E-state index contributed by atoms with van der Waals surface area (Å²) in [7, 11) is 0. The number of hydrogen-bond acceptors (Lipinski definition) is 2. The molecule has 1 heterocycles. The van der Waals surface area contributed by atoms with Crippen molar-refractivity contribution in [3.63, 3.8) is 0 Å². The Morgan fingerprint density at radius 1 is 1.28 bits per heavy atom. The van der Waals surface area contributed by atoms with Crippen molar-refractivity contribution in [1.82, 2.24) is 15.1 Å². The largest absolute Gasteiger partial charge is 0.310 e. The van der Waals surface area contributed by atoms with Gasteiger partial charge in [-0.1, -0.05) is 29.8 Å².